The number of benzene rings is 1. The SMILES string of the molecule is CC1(C)[C@H](NCCc2ccc(S(C)(=O)=O)cc2)[C@@H]2CCCO[C@@H]21. The maximum Gasteiger partial charge on any atom is 0.175 e. The smallest absolute Gasteiger partial charge is 0.175 e. The summed E-state index contributed by atoms with van der Waals surface area (Å²) in [4.78, 5) is 0.386. The van der Waals surface area contributed by atoms with Crippen molar-refractivity contribution in [2.75, 3.05) is 19.4 Å². The van der Waals surface area contributed by atoms with Gasteiger partial charge in [-0.25, -0.2) is 8.42 Å². The quantitative estimate of drug-likeness (QED) is 0.896. The van der Waals surface area contributed by atoms with E-state index < -0.39 is 9.84 Å². The number of ether oxygens (including phenoxy) is 1. The van der Waals surface area contributed by atoms with Gasteiger partial charge >= 0.3 is 0 Å². The zero-order valence-electron chi connectivity index (χ0n) is 14.2. The van der Waals surface area contributed by atoms with Crippen LogP contribution in [-0.4, -0.2) is 40.0 Å². The van der Waals surface area contributed by atoms with Crippen LogP contribution in [0.25, 0.3) is 0 Å². The van der Waals surface area contributed by atoms with Gasteiger partial charge in [0.25, 0.3) is 0 Å². The molecule has 128 valence electrons. The van der Waals surface area contributed by atoms with Gasteiger partial charge in [-0.1, -0.05) is 26.0 Å². The number of hydrogen-bond acceptors (Lipinski definition) is 4. The highest BCUT2D eigenvalue weighted by Gasteiger charge is 2.57. The molecule has 1 aliphatic heterocycles. The van der Waals surface area contributed by atoms with Crippen molar-refractivity contribution in [2.45, 2.75) is 50.2 Å². The second kappa shape index (κ2) is 6.19. The van der Waals surface area contributed by atoms with E-state index in [-0.39, 0.29) is 5.41 Å². The van der Waals surface area contributed by atoms with Gasteiger partial charge in [0.15, 0.2) is 9.84 Å². The molecule has 1 aromatic rings. The van der Waals surface area contributed by atoms with E-state index in [1.807, 2.05) is 12.1 Å². The Bertz CT molecular complexity index is 651. The predicted octanol–water partition coefficient (Wildman–Crippen LogP) is 2.43. The van der Waals surface area contributed by atoms with E-state index in [1.165, 1.54) is 24.7 Å². The predicted molar refractivity (Wildman–Crippen MR) is 91.3 cm³/mol. The minimum Gasteiger partial charge on any atom is -0.377 e. The van der Waals surface area contributed by atoms with Crippen LogP contribution in [0.4, 0.5) is 0 Å². The summed E-state index contributed by atoms with van der Waals surface area (Å²) in [5.74, 6) is 0.645. The fraction of sp³-hybridized carbons (Fsp3) is 0.667. The zero-order chi connectivity index (χ0) is 16.7. The van der Waals surface area contributed by atoms with Crippen molar-refractivity contribution in [1.29, 1.82) is 0 Å². The molecular weight excluding hydrogens is 310 g/mol. The summed E-state index contributed by atoms with van der Waals surface area (Å²) in [6.45, 7) is 6.40. The second-order valence-corrected chi connectivity index (χ2v) is 9.53. The highest BCUT2D eigenvalue weighted by atomic mass is 32.2. The van der Waals surface area contributed by atoms with Gasteiger partial charge in [0.05, 0.1) is 11.0 Å². The molecule has 23 heavy (non-hydrogen) atoms. The third-order valence-electron chi connectivity index (χ3n) is 5.46. The maximum absolute atomic E-state index is 11.5. The monoisotopic (exact) mass is 337 g/mol. The van der Waals surface area contributed by atoms with Crippen LogP contribution in [0.2, 0.25) is 0 Å². The Morgan fingerprint density at radius 2 is 1.96 bits per heavy atom. The molecule has 5 heteroatoms. The molecule has 1 saturated heterocycles. The number of rotatable bonds is 5. The van der Waals surface area contributed by atoms with Crippen LogP contribution in [-0.2, 0) is 21.0 Å². The number of sulfone groups is 1. The molecule has 0 unspecified atom stereocenters. The third-order valence-corrected chi connectivity index (χ3v) is 6.59. The Morgan fingerprint density at radius 1 is 1.26 bits per heavy atom. The summed E-state index contributed by atoms with van der Waals surface area (Å²) >= 11 is 0. The molecule has 1 heterocycles. The van der Waals surface area contributed by atoms with Crippen molar-refractivity contribution in [3.05, 3.63) is 29.8 Å². The lowest BCUT2D eigenvalue weighted by molar-refractivity contribution is -0.192. The molecule has 0 spiro atoms. The molecule has 4 nitrogen and oxygen atoms in total. The molecular formula is C18H27NO3S. The molecule has 3 atom stereocenters. The number of fused-ring (bicyclic) bond motifs is 1. The topological polar surface area (TPSA) is 55.4 Å². The molecule has 0 bridgehead atoms. The highest BCUT2D eigenvalue weighted by molar-refractivity contribution is 7.90. The van der Waals surface area contributed by atoms with E-state index in [9.17, 15) is 8.42 Å². The van der Waals surface area contributed by atoms with E-state index in [4.69, 9.17) is 4.74 Å². The van der Waals surface area contributed by atoms with Crippen molar-refractivity contribution in [1.82, 2.24) is 5.32 Å². The van der Waals surface area contributed by atoms with Crippen molar-refractivity contribution in [2.24, 2.45) is 11.3 Å². The molecule has 1 saturated carbocycles. The fourth-order valence-corrected chi connectivity index (χ4v) is 4.84. The molecule has 1 aliphatic carbocycles. The van der Waals surface area contributed by atoms with E-state index in [0.717, 1.165) is 19.6 Å². The standard InChI is InChI=1S/C18H27NO3S/c1-18(2)16(15-5-4-12-22-17(15)18)19-11-10-13-6-8-14(9-7-13)23(3,20)21/h6-9,15-17,19H,4-5,10-12H2,1-3H3/t15-,16+,17-/m0/s1. The second-order valence-electron chi connectivity index (χ2n) is 7.52. The van der Waals surface area contributed by atoms with Gasteiger partial charge in [0.1, 0.15) is 0 Å². The molecule has 1 N–H and O–H groups in total. The first kappa shape index (κ1) is 16.9. The van der Waals surface area contributed by atoms with Crippen LogP contribution in [0.5, 0.6) is 0 Å². The molecule has 2 aliphatic rings. The van der Waals surface area contributed by atoms with Gasteiger partial charge in [-0.15, -0.1) is 0 Å². The van der Waals surface area contributed by atoms with E-state index in [1.54, 1.807) is 12.1 Å². The highest BCUT2D eigenvalue weighted by Crippen LogP contribution is 2.51. The number of hydrogen-bond donors (Lipinski definition) is 1. The van der Waals surface area contributed by atoms with Crippen LogP contribution in [0, 0.1) is 11.3 Å². The molecule has 0 amide bonds. The van der Waals surface area contributed by atoms with Crippen LogP contribution in [0.1, 0.15) is 32.3 Å². The van der Waals surface area contributed by atoms with E-state index in [2.05, 4.69) is 19.2 Å². The van der Waals surface area contributed by atoms with E-state index in [0.29, 0.717) is 23.0 Å². The average Bonchev–Trinajstić information content (AvgIpc) is 2.51. The third kappa shape index (κ3) is 3.32. The summed E-state index contributed by atoms with van der Waals surface area (Å²) in [7, 11) is -3.11. The van der Waals surface area contributed by atoms with Gasteiger partial charge in [0.2, 0.25) is 0 Å². The first-order chi connectivity index (χ1) is 10.8. The largest absolute Gasteiger partial charge is 0.377 e. The maximum atomic E-state index is 11.5. The first-order valence-corrected chi connectivity index (χ1v) is 10.3. The van der Waals surface area contributed by atoms with Crippen molar-refractivity contribution in [3.63, 3.8) is 0 Å². The summed E-state index contributed by atoms with van der Waals surface area (Å²) in [6.07, 6.45) is 4.99. The molecule has 2 fully saturated rings. The Kier molecular flexibility index (Phi) is 4.55. The fourth-order valence-electron chi connectivity index (χ4n) is 4.21. The van der Waals surface area contributed by atoms with Crippen molar-refractivity contribution >= 4 is 9.84 Å². The van der Waals surface area contributed by atoms with E-state index >= 15 is 0 Å². The van der Waals surface area contributed by atoms with Crippen LogP contribution >= 0.6 is 0 Å². The van der Waals surface area contributed by atoms with Gasteiger partial charge in [0, 0.05) is 30.2 Å². The first-order valence-electron chi connectivity index (χ1n) is 8.44. The minimum atomic E-state index is -3.11. The molecule has 0 aromatic heterocycles. The molecule has 0 radical (unpaired) electrons. The van der Waals surface area contributed by atoms with Crippen LogP contribution in [0.15, 0.2) is 29.2 Å². The lowest BCUT2D eigenvalue weighted by Crippen LogP contribution is -2.69. The lowest BCUT2D eigenvalue weighted by Gasteiger charge is -2.60. The van der Waals surface area contributed by atoms with Crippen molar-refractivity contribution < 1.29 is 13.2 Å². The number of nitrogens with one attached hydrogen (secondary N) is 1. The Balaban J connectivity index is 1.53. The van der Waals surface area contributed by atoms with Crippen molar-refractivity contribution in [3.8, 4) is 0 Å². The van der Waals surface area contributed by atoms with Gasteiger partial charge in [-0.3, -0.25) is 0 Å². The lowest BCUT2D eigenvalue weighted by atomic mass is 9.55. The summed E-state index contributed by atoms with van der Waals surface area (Å²) in [6, 6.07) is 7.74. The minimum absolute atomic E-state index is 0.200. The normalized spacial score (nSPS) is 29.6. The van der Waals surface area contributed by atoms with Gasteiger partial charge in [-0.2, -0.15) is 0 Å². The summed E-state index contributed by atoms with van der Waals surface area (Å²) < 4.78 is 28.9. The zero-order valence-corrected chi connectivity index (χ0v) is 15.0. The van der Waals surface area contributed by atoms with Gasteiger partial charge in [-0.05, 0) is 43.5 Å². The average molecular weight is 337 g/mol. The summed E-state index contributed by atoms with van der Waals surface area (Å²) in [5.41, 5.74) is 1.36. The Hall–Kier alpha value is -0.910. The van der Waals surface area contributed by atoms with Crippen LogP contribution in [0.3, 0.4) is 0 Å². The van der Waals surface area contributed by atoms with Gasteiger partial charge < -0.3 is 10.1 Å². The Labute approximate surface area is 139 Å². The van der Waals surface area contributed by atoms with Crippen LogP contribution < -0.4 is 5.32 Å². The molecule has 3 rings (SSSR count). The summed E-state index contributed by atoms with van der Waals surface area (Å²) in [5, 5.41) is 3.70. The Morgan fingerprint density at radius 3 is 2.61 bits per heavy atom. The molecule has 1 aromatic carbocycles.